The zero-order chi connectivity index (χ0) is 11.6. The number of hydrogen-bond donors (Lipinski definition) is 2. The van der Waals surface area contributed by atoms with Crippen LogP contribution in [-0.2, 0) is 15.1 Å². The van der Waals surface area contributed by atoms with Crippen molar-refractivity contribution >= 4 is 27.8 Å². The molecule has 1 unspecified atom stereocenters. The summed E-state index contributed by atoms with van der Waals surface area (Å²) in [5.41, 5.74) is -1.54. The average molecular weight is 276 g/mol. The minimum absolute atomic E-state index is 0.164. The summed E-state index contributed by atoms with van der Waals surface area (Å²) in [5, 5.41) is 11.4. The molecule has 0 aliphatic rings. The SMILES string of the molecule is CC(=O)NC(C)(C(=O)O)c1ccc(Br)o1. The third-order valence-corrected chi connectivity index (χ3v) is 2.35. The Morgan fingerprint density at radius 3 is 2.47 bits per heavy atom. The van der Waals surface area contributed by atoms with Gasteiger partial charge in [-0.2, -0.15) is 0 Å². The smallest absolute Gasteiger partial charge is 0.337 e. The summed E-state index contributed by atoms with van der Waals surface area (Å²) < 4.78 is 5.54. The number of carbonyl (C=O) groups excluding carboxylic acids is 1. The zero-order valence-electron chi connectivity index (χ0n) is 8.20. The Balaban J connectivity index is 3.11. The third-order valence-electron chi connectivity index (χ3n) is 1.92. The monoisotopic (exact) mass is 275 g/mol. The van der Waals surface area contributed by atoms with Crippen molar-refractivity contribution in [2.45, 2.75) is 19.4 Å². The third kappa shape index (κ3) is 2.38. The number of halogens is 1. The fourth-order valence-electron chi connectivity index (χ4n) is 1.16. The van der Waals surface area contributed by atoms with E-state index < -0.39 is 17.4 Å². The van der Waals surface area contributed by atoms with Crippen molar-refractivity contribution in [1.82, 2.24) is 5.32 Å². The van der Waals surface area contributed by atoms with Gasteiger partial charge < -0.3 is 14.8 Å². The number of carbonyl (C=O) groups is 2. The van der Waals surface area contributed by atoms with Crippen LogP contribution in [-0.4, -0.2) is 17.0 Å². The molecule has 15 heavy (non-hydrogen) atoms. The van der Waals surface area contributed by atoms with Crippen LogP contribution >= 0.6 is 15.9 Å². The molecule has 0 saturated heterocycles. The number of amides is 1. The second-order valence-corrected chi connectivity index (χ2v) is 4.00. The van der Waals surface area contributed by atoms with Crippen LogP contribution < -0.4 is 5.32 Å². The lowest BCUT2D eigenvalue weighted by Gasteiger charge is -2.22. The van der Waals surface area contributed by atoms with Gasteiger partial charge >= 0.3 is 5.97 Å². The largest absolute Gasteiger partial charge is 0.479 e. The van der Waals surface area contributed by atoms with Crippen LogP contribution in [0.5, 0.6) is 0 Å². The number of carboxylic acid groups (broad SMARTS) is 1. The highest BCUT2D eigenvalue weighted by molar-refractivity contribution is 9.10. The second-order valence-electron chi connectivity index (χ2n) is 3.22. The van der Waals surface area contributed by atoms with Gasteiger partial charge in [0.15, 0.2) is 10.2 Å². The fraction of sp³-hybridized carbons (Fsp3) is 0.333. The molecule has 5 nitrogen and oxygen atoms in total. The first-order chi connectivity index (χ1) is 6.86. The van der Waals surface area contributed by atoms with Crippen LogP contribution in [0.1, 0.15) is 19.6 Å². The molecule has 0 aliphatic heterocycles. The van der Waals surface area contributed by atoms with Crippen LogP contribution in [0.15, 0.2) is 21.2 Å². The molecule has 1 aromatic rings. The highest BCUT2D eigenvalue weighted by Crippen LogP contribution is 2.25. The van der Waals surface area contributed by atoms with Gasteiger partial charge in [0.2, 0.25) is 5.91 Å². The van der Waals surface area contributed by atoms with Gasteiger partial charge in [-0.05, 0) is 35.0 Å². The summed E-state index contributed by atoms with van der Waals surface area (Å²) in [5.74, 6) is -1.45. The van der Waals surface area contributed by atoms with E-state index in [2.05, 4.69) is 21.2 Å². The van der Waals surface area contributed by atoms with Crippen molar-refractivity contribution < 1.29 is 19.1 Å². The molecule has 1 atom stereocenters. The fourth-order valence-corrected chi connectivity index (χ4v) is 1.46. The molecule has 0 aromatic carbocycles. The molecular formula is C9H10BrNO4. The first-order valence-electron chi connectivity index (χ1n) is 4.14. The maximum absolute atomic E-state index is 11.1. The second kappa shape index (κ2) is 4.06. The van der Waals surface area contributed by atoms with E-state index in [0.717, 1.165) is 0 Å². The number of carboxylic acids is 1. The van der Waals surface area contributed by atoms with Crippen LogP contribution in [0.3, 0.4) is 0 Å². The molecule has 1 aromatic heterocycles. The predicted molar refractivity (Wildman–Crippen MR) is 55.2 cm³/mol. The van der Waals surface area contributed by atoms with Crippen LogP contribution in [0.4, 0.5) is 0 Å². The van der Waals surface area contributed by atoms with Crippen molar-refractivity contribution in [3.8, 4) is 0 Å². The van der Waals surface area contributed by atoms with Crippen LogP contribution in [0, 0.1) is 0 Å². The lowest BCUT2D eigenvalue weighted by atomic mass is 9.99. The molecule has 0 bridgehead atoms. The number of nitrogens with one attached hydrogen (secondary N) is 1. The minimum atomic E-state index is -1.54. The maximum Gasteiger partial charge on any atom is 0.337 e. The molecule has 1 amide bonds. The highest BCUT2D eigenvalue weighted by atomic mass is 79.9. The Morgan fingerprint density at radius 1 is 1.53 bits per heavy atom. The van der Waals surface area contributed by atoms with Crippen molar-refractivity contribution in [3.05, 3.63) is 22.6 Å². The summed E-state index contributed by atoms with van der Waals surface area (Å²) in [6.07, 6.45) is 0. The average Bonchev–Trinajstić information content (AvgIpc) is 2.50. The molecular weight excluding hydrogens is 266 g/mol. The van der Waals surface area contributed by atoms with E-state index in [4.69, 9.17) is 9.52 Å². The Bertz CT molecular complexity index is 401. The van der Waals surface area contributed by atoms with Crippen LogP contribution in [0.2, 0.25) is 0 Å². The van der Waals surface area contributed by atoms with Crippen LogP contribution in [0.25, 0.3) is 0 Å². The zero-order valence-corrected chi connectivity index (χ0v) is 9.79. The topological polar surface area (TPSA) is 79.5 Å². The van der Waals surface area contributed by atoms with Crippen molar-refractivity contribution in [2.24, 2.45) is 0 Å². The highest BCUT2D eigenvalue weighted by Gasteiger charge is 2.39. The normalized spacial score (nSPS) is 14.3. The minimum Gasteiger partial charge on any atom is -0.479 e. The van der Waals surface area contributed by atoms with E-state index in [0.29, 0.717) is 4.67 Å². The van der Waals surface area contributed by atoms with Crippen molar-refractivity contribution in [2.75, 3.05) is 0 Å². The molecule has 0 aliphatic carbocycles. The first-order valence-corrected chi connectivity index (χ1v) is 4.93. The number of hydrogen-bond acceptors (Lipinski definition) is 3. The van der Waals surface area contributed by atoms with E-state index in [1.165, 1.54) is 19.9 Å². The molecule has 82 valence electrons. The van der Waals surface area contributed by atoms with E-state index >= 15 is 0 Å². The standard InChI is InChI=1S/C9H10BrNO4/c1-5(12)11-9(2,8(13)14)6-3-4-7(10)15-6/h3-4H,1-2H3,(H,11,12)(H,13,14). The van der Waals surface area contributed by atoms with Gasteiger partial charge in [0.1, 0.15) is 5.76 Å². The van der Waals surface area contributed by atoms with Gasteiger partial charge in [-0.3, -0.25) is 4.79 Å². The Morgan fingerprint density at radius 2 is 2.13 bits per heavy atom. The van der Waals surface area contributed by atoms with Crippen molar-refractivity contribution in [1.29, 1.82) is 0 Å². The first kappa shape index (κ1) is 11.8. The summed E-state index contributed by atoms with van der Waals surface area (Å²) >= 11 is 3.07. The molecule has 0 spiro atoms. The Labute approximate surface area is 94.6 Å². The van der Waals surface area contributed by atoms with E-state index in [1.54, 1.807) is 6.07 Å². The number of furan rings is 1. The molecule has 0 radical (unpaired) electrons. The quantitative estimate of drug-likeness (QED) is 0.876. The molecule has 1 heterocycles. The summed E-state index contributed by atoms with van der Waals surface area (Å²) in [7, 11) is 0. The van der Waals surface area contributed by atoms with E-state index in [1.807, 2.05) is 0 Å². The molecule has 1 rings (SSSR count). The van der Waals surface area contributed by atoms with Gasteiger partial charge in [-0.25, -0.2) is 4.79 Å². The molecule has 0 saturated carbocycles. The molecule has 6 heteroatoms. The lowest BCUT2D eigenvalue weighted by Crippen LogP contribution is -2.48. The maximum atomic E-state index is 11.1. The Kier molecular flexibility index (Phi) is 3.18. The lowest BCUT2D eigenvalue weighted by molar-refractivity contribution is -0.147. The summed E-state index contributed by atoms with van der Waals surface area (Å²) in [6, 6.07) is 3.06. The van der Waals surface area contributed by atoms with Crippen molar-refractivity contribution in [3.63, 3.8) is 0 Å². The van der Waals surface area contributed by atoms with Gasteiger partial charge in [-0.15, -0.1) is 0 Å². The summed E-state index contributed by atoms with van der Waals surface area (Å²) in [6.45, 7) is 2.61. The number of aliphatic carboxylic acids is 1. The van der Waals surface area contributed by atoms with Gasteiger partial charge in [0.05, 0.1) is 0 Å². The number of rotatable bonds is 3. The van der Waals surface area contributed by atoms with Gasteiger partial charge in [-0.1, -0.05) is 0 Å². The van der Waals surface area contributed by atoms with E-state index in [9.17, 15) is 9.59 Å². The van der Waals surface area contributed by atoms with Gasteiger partial charge in [0, 0.05) is 6.92 Å². The Hall–Kier alpha value is -1.30. The molecule has 0 fully saturated rings. The summed E-state index contributed by atoms with van der Waals surface area (Å²) in [4.78, 5) is 22.0. The molecule has 2 N–H and O–H groups in total. The predicted octanol–water partition coefficient (Wildman–Crippen LogP) is 1.48. The van der Waals surface area contributed by atoms with Gasteiger partial charge in [0.25, 0.3) is 0 Å². The van der Waals surface area contributed by atoms with E-state index in [-0.39, 0.29) is 5.76 Å².